The first-order valence-corrected chi connectivity index (χ1v) is 12.2. The molecule has 0 unspecified atom stereocenters. The first-order valence-electron chi connectivity index (χ1n) is 11.2. The van der Waals surface area contributed by atoms with Crippen molar-refractivity contribution in [1.29, 1.82) is 0 Å². The van der Waals surface area contributed by atoms with Gasteiger partial charge in [-0.15, -0.1) is 16.9 Å². The van der Waals surface area contributed by atoms with Crippen LogP contribution < -0.4 is 15.5 Å². The number of aromatic amines is 1. The highest BCUT2D eigenvalue weighted by molar-refractivity contribution is 7.99. The number of rotatable bonds is 8. The lowest BCUT2D eigenvalue weighted by Crippen LogP contribution is -2.48. The number of benzene rings is 1. The normalized spacial score (nSPS) is 15.8. The van der Waals surface area contributed by atoms with E-state index in [-0.39, 0.29) is 30.5 Å². The summed E-state index contributed by atoms with van der Waals surface area (Å²) < 4.78 is 37.0. The van der Waals surface area contributed by atoms with E-state index in [1.54, 1.807) is 19.3 Å². The molecule has 0 bridgehead atoms. The van der Waals surface area contributed by atoms with Gasteiger partial charge in [-0.05, 0) is 12.0 Å². The summed E-state index contributed by atoms with van der Waals surface area (Å²) in [4.78, 5) is 36.4. The maximum Gasteiger partial charge on any atom is 0.389 e. The summed E-state index contributed by atoms with van der Waals surface area (Å²) in [7, 11) is 1.57. The zero-order valence-electron chi connectivity index (χ0n) is 19.3. The third-order valence-corrected chi connectivity index (χ3v) is 6.57. The van der Waals surface area contributed by atoms with E-state index in [9.17, 15) is 22.8 Å². The van der Waals surface area contributed by atoms with Crippen LogP contribution in [0.2, 0.25) is 0 Å². The van der Waals surface area contributed by atoms with Gasteiger partial charge in [0.2, 0.25) is 11.7 Å². The van der Waals surface area contributed by atoms with Crippen LogP contribution >= 0.6 is 11.8 Å². The summed E-state index contributed by atoms with van der Waals surface area (Å²) in [6, 6.07) is 10.4. The quantitative estimate of drug-likeness (QED) is 0.391. The Balaban J connectivity index is 1.37. The molecule has 0 fully saturated rings. The van der Waals surface area contributed by atoms with Crippen molar-refractivity contribution >= 4 is 35.1 Å². The fourth-order valence-corrected chi connectivity index (χ4v) is 4.64. The molecule has 0 radical (unpaired) electrons. The van der Waals surface area contributed by atoms with Gasteiger partial charge in [0.25, 0.3) is 5.91 Å². The third kappa shape index (κ3) is 6.53. The van der Waals surface area contributed by atoms with Crippen LogP contribution in [-0.4, -0.2) is 63.5 Å². The summed E-state index contributed by atoms with van der Waals surface area (Å²) in [5, 5.41) is 12.3. The van der Waals surface area contributed by atoms with Crippen LogP contribution in [0.25, 0.3) is 0 Å². The lowest BCUT2D eigenvalue weighted by Gasteiger charge is -2.21. The second-order valence-electron chi connectivity index (χ2n) is 8.19. The van der Waals surface area contributed by atoms with E-state index >= 15 is 0 Å². The Labute approximate surface area is 209 Å². The number of fused-ring (bicyclic) bond motifs is 1. The van der Waals surface area contributed by atoms with E-state index in [4.69, 9.17) is 0 Å². The number of nitrogens with zero attached hydrogens (tertiary/aromatic N) is 4. The molecule has 1 atom stereocenters. The number of amides is 2. The van der Waals surface area contributed by atoms with Gasteiger partial charge in [-0.3, -0.25) is 14.7 Å². The van der Waals surface area contributed by atoms with E-state index in [1.807, 2.05) is 30.3 Å². The molecule has 2 aromatic heterocycles. The van der Waals surface area contributed by atoms with Crippen LogP contribution in [0.15, 0.2) is 47.5 Å². The number of pyridine rings is 1. The molecule has 0 saturated heterocycles. The molecule has 3 N–H and O–H groups in total. The minimum Gasteiger partial charge on any atom is -0.370 e. The molecule has 9 nitrogen and oxygen atoms in total. The van der Waals surface area contributed by atoms with E-state index in [1.165, 1.54) is 16.7 Å². The fourth-order valence-electron chi connectivity index (χ4n) is 3.60. The van der Waals surface area contributed by atoms with Crippen LogP contribution in [0.3, 0.4) is 0 Å². The molecule has 0 aliphatic carbocycles. The number of carbonyl (C=O) groups excluding carboxylic acids is 2. The molecular formula is C23H24F3N7O2S. The molecule has 190 valence electrons. The van der Waals surface area contributed by atoms with Gasteiger partial charge in [0.05, 0.1) is 5.69 Å². The molecular weight excluding hydrogens is 495 g/mol. The van der Waals surface area contributed by atoms with E-state index in [0.29, 0.717) is 28.6 Å². The topological polar surface area (TPSA) is 116 Å². The number of hydrogen-bond donors (Lipinski definition) is 3. The molecule has 3 aromatic rings. The highest BCUT2D eigenvalue weighted by Gasteiger charge is 2.31. The second-order valence-corrected chi connectivity index (χ2v) is 9.25. The predicted octanol–water partition coefficient (Wildman–Crippen LogP) is 3.41. The largest absolute Gasteiger partial charge is 0.389 e. The van der Waals surface area contributed by atoms with Crippen molar-refractivity contribution in [2.45, 2.75) is 36.4 Å². The highest BCUT2D eigenvalue weighted by Crippen LogP contribution is 2.34. The van der Waals surface area contributed by atoms with E-state index in [0.717, 1.165) is 5.56 Å². The van der Waals surface area contributed by atoms with Gasteiger partial charge in [-0.2, -0.15) is 13.2 Å². The molecule has 1 aliphatic heterocycles. The van der Waals surface area contributed by atoms with Crippen molar-refractivity contribution in [3.63, 3.8) is 0 Å². The standard InChI is InChI=1S/C23H24F3N7O2S/c1-33-16-11-18(27-9-5-8-23(24,25)26)28-12-17(16)36-13-15(22(33)35)29-21(34)20-30-19(31-32-20)10-14-6-3-2-4-7-14/h2-4,6-7,11-12,15H,5,8-10,13H2,1H3,(H,27,28)(H,29,34)(H,30,31,32)/t15-/m0/s1. The van der Waals surface area contributed by atoms with Crippen molar-refractivity contribution in [1.82, 2.24) is 25.5 Å². The third-order valence-electron chi connectivity index (χ3n) is 5.44. The Morgan fingerprint density at radius 3 is 2.81 bits per heavy atom. The highest BCUT2D eigenvalue weighted by atomic mass is 32.2. The number of likely N-dealkylation sites (N-methyl/N-ethyl adjacent to an activating group) is 1. The molecule has 36 heavy (non-hydrogen) atoms. The molecule has 0 spiro atoms. The minimum atomic E-state index is -4.21. The number of anilines is 2. The maximum atomic E-state index is 13.1. The smallest absolute Gasteiger partial charge is 0.370 e. The van der Waals surface area contributed by atoms with Gasteiger partial charge in [-0.25, -0.2) is 9.97 Å². The lowest BCUT2D eigenvalue weighted by molar-refractivity contribution is -0.134. The number of carbonyl (C=O) groups is 2. The molecule has 1 aromatic carbocycles. The second kappa shape index (κ2) is 11.0. The van der Waals surface area contributed by atoms with Crippen molar-refractivity contribution in [3.8, 4) is 0 Å². The van der Waals surface area contributed by atoms with Gasteiger partial charge in [0, 0.05) is 49.3 Å². The van der Waals surface area contributed by atoms with Gasteiger partial charge >= 0.3 is 6.18 Å². The zero-order chi connectivity index (χ0) is 25.7. The van der Waals surface area contributed by atoms with Crippen LogP contribution in [0.5, 0.6) is 0 Å². The van der Waals surface area contributed by atoms with Crippen molar-refractivity contribution < 1.29 is 22.8 Å². The van der Waals surface area contributed by atoms with Crippen LogP contribution in [0, 0.1) is 0 Å². The number of hydrogen-bond acceptors (Lipinski definition) is 7. The van der Waals surface area contributed by atoms with Crippen molar-refractivity contribution in [2.75, 3.05) is 29.6 Å². The summed E-state index contributed by atoms with van der Waals surface area (Å²) in [6.07, 6.45) is -3.14. The molecule has 0 saturated carbocycles. The summed E-state index contributed by atoms with van der Waals surface area (Å²) >= 11 is 1.34. The monoisotopic (exact) mass is 519 g/mol. The number of aromatic nitrogens is 4. The Morgan fingerprint density at radius 1 is 1.28 bits per heavy atom. The maximum absolute atomic E-state index is 13.1. The van der Waals surface area contributed by atoms with Gasteiger partial charge in [0.15, 0.2) is 0 Å². The summed E-state index contributed by atoms with van der Waals surface area (Å²) in [6.45, 7) is 0.0949. The number of nitrogens with one attached hydrogen (secondary N) is 3. The van der Waals surface area contributed by atoms with Crippen LogP contribution in [0.1, 0.15) is 34.8 Å². The summed E-state index contributed by atoms with van der Waals surface area (Å²) in [5.41, 5.74) is 1.57. The van der Waals surface area contributed by atoms with Crippen LogP contribution in [-0.2, 0) is 11.2 Å². The molecule has 2 amide bonds. The SMILES string of the molecule is CN1C(=O)[C@@H](NC(=O)c2n[nH]c(Cc3ccccc3)n2)CSc2cnc(NCCCC(F)(F)F)cc21. The Hall–Kier alpha value is -3.61. The first kappa shape index (κ1) is 25.5. The summed E-state index contributed by atoms with van der Waals surface area (Å²) in [5.74, 6) is 0.181. The predicted molar refractivity (Wildman–Crippen MR) is 129 cm³/mol. The molecule has 1 aliphatic rings. The fraction of sp³-hybridized carbons (Fsp3) is 0.348. The Kier molecular flexibility index (Phi) is 7.77. The Morgan fingerprint density at radius 2 is 2.06 bits per heavy atom. The molecule has 13 heteroatoms. The van der Waals surface area contributed by atoms with E-state index in [2.05, 4.69) is 30.8 Å². The average molecular weight is 520 g/mol. The Bertz CT molecular complexity index is 1220. The number of halogens is 3. The van der Waals surface area contributed by atoms with Crippen LogP contribution in [0.4, 0.5) is 24.7 Å². The van der Waals surface area contributed by atoms with Gasteiger partial charge in [-0.1, -0.05) is 30.3 Å². The number of alkyl halides is 3. The lowest BCUT2D eigenvalue weighted by atomic mass is 10.1. The molecule has 3 heterocycles. The average Bonchev–Trinajstić information content (AvgIpc) is 3.28. The number of thioether (sulfide) groups is 1. The first-order chi connectivity index (χ1) is 17.2. The number of H-pyrrole nitrogens is 1. The zero-order valence-corrected chi connectivity index (χ0v) is 20.1. The molecule has 4 rings (SSSR count). The van der Waals surface area contributed by atoms with Crippen molar-refractivity contribution in [2.24, 2.45) is 0 Å². The minimum absolute atomic E-state index is 0.0600. The van der Waals surface area contributed by atoms with Crippen molar-refractivity contribution in [3.05, 3.63) is 59.8 Å². The van der Waals surface area contributed by atoms with Gasteiger partial charge < -0.3 is 15.5 Å². The van der Waals surface area contributed by atoms with Gasteiger partial charge in [0.1, 0.15) is 17.7 Å². The van der Waals surface area contributed by atoms with E-state index < -0.39 is 24.5 Å².